The molecule has 26 heavy (non-hydrogen) atoms. The number of thiophene rings is 1. The molecule has 3 heterocycles. The van der Waals surface area contributed by atoms with Crippen molar-refractivity contribution in [2.45, 2.75) is 25.8 Å². The Morgan fingerprint density at radius 3 is 2.81 bits per heavy atom. The highest BCUT2D eigenvalue weighted by Crippen LogP contribution is 2.26. The highest BCUT2D eigenvalue weighted by molar-refractivity contribution is 14.0. The molecule has 3 aromatic rings. The summed E-state index contributed by atoms with van der Waals surface area (Å²) in [6.45, 7) is 5.70. The second kappa shape index (κ2) is 9.17. The summed E-state index contributed by atoms with van der Waals surface area (Å²) in [4.78, 5) is 10.0. The van der Waals surface area contributed by atoms with Crippen molar-refractivity contribution >= 4 is 41.3 Å². The van der Waals surface area contributed by atoms with Crippen LogP contribution in [0.5, 0.6) is 0 Å². The lowest BCUT2D eigenvalue weighted by Gasteiger charge is -2.24. The minimum Gasteiger partial charge on any atom is -0.461 e. The van der Waals surface area contributed by atoms with Crippen LogP contribution >= 0.6 is 35.3 Å². The van der Waals surface area contributed by atoms with Crippen molar-refractivity contribution in [3.8, 4) is 11.6 Å². The molecule has 9 heteroatoms. The maximum atomic E-state index is 5.29. The van der Waals surface area contributed by atoms with Gasteiger partial charge in [-0.05, 0) is 23.6 Å². The molecule has 0 aliphatic rings. The quantitative estimate of drug-likeness (QED) is 0.282. The van der Waals surface area contributed by atoms with E-state index in [4.69, 9.17) is 4.42 Å². The molecular weight excluding hydrogens is 463 g/mol. The first-order valence-corrected chi connectivity index (χ1v) is 8.90. The number of hydrogen-bond donors (Lipinski definition) is 3. The molecule has 3 N–H and O–H groups in total. The zero-order valence-electron chi connectivity index (χ0n) is 14.9. The molecule has 140 valence electrons. The number of rotatable bonds is 6. The van der Waals surface area contributed by atoms with Crippen LogP contribution < -0.4 is 10.6 Å². The van der Waals surface area contributed by atoms with Crippen molar-refractivity contribution in [2.24, 2.45) is 4.99 Å². The minimum absolute atomic E-state index is 0. The summed E-state index contributed by atoms with van der Waals surface area (Å²) in [5.74, 6) is 2.62. The van der Waals surface area contributed by atoms with Crippen LogP contribution in [0.2, 0.25) is 0 Å². The predicted molar refractivity (Wildman–Crippen MR) is 115 cm³/mol. The van der Waals surface area contributed by atoms with Gasteiger partial charge < -0.3 is 15.1 Å². The van der Waals surface area contributed by atoms with Crippen LogP contribution in [0, 0.1) is 0 Å². The van der Waals surface area contributed by atoms with Gasteiger partial charge in [0.15, 0.2) is 11.7 Å². The highest BCUT2D eigenvalue weighted by atomic mass is 127. The lowest BCUT2D eigenvalue weighted by Crippen LogP contribution is -2.43. The number of hydrogen-bond acceptors (Lipinski definition) is 5. The Morgan fingerprint density at radius 2 is 2.15 bits per heavy atom. The zero-order chi connectivity index (χ0) is 17.7. The third kappa shape index (κ3) is 5.07. The summed E-state index contributed by atoms with van der Waals surface area (Å²) < 4.78 is 5.29. The van der Waals surface area contributed by atoms with Crippen molar-refractivity contribution in [1.29, 1.82) is 0 Å². The molecule has 0 fully saturated rings. The summed E-state index contributed by atoms with van der Waals surface area (Å²) >= 11 is 1.77. The Morgan fingerprint density at radius 1 is 1.31 bits per heavy atom. The number of nitrogens with zero attached hydrogens (tertiary/aromatic N) is 3. The second-order valence-electron chi connectivity index (χ2n) is 6.22. The van der Waals surface area contributed by atoms with Crippen molar-refractivity contribution in [3.05, 3.63) is 46.6 Å². The van der Waals surface area contributed by atoms with E-state index in [2.05, 4.69) is 62.2 Å². The lowest BCUT2D eigenvalue weighted by atomic mass is 9.91. The van der Waals surface area contributed by atoms with E-state index in [0.29, 0.717) is 24.0 Å². The first-order valence-electron chi connectivity index (χ1n) is 8.02. The number of halogens is 1. The van der Waals surface area contributed by atoms with E-state index in [9.17, 15) is 0 Å². The van der Waals surface area contributed by atoms with Crippen molar-refractivity contribution in [2.75, 3.05) is 13.6 Å². The van der Waals surface area contributed by atoms with E-state index < -0.39 is 0 Å². The predicted octanol–water partition coefficient (Wildman–Crippen LogP) is 3.39. The molecule has 0 bridgehead atoms. The van der Waals surface area contributed by atoms with Gasteiger partial charge in [-0.1, -0.05) is 19.9 Å². The van der Waals surface area contributed by atoms with Crippen molar-refractivity contribution < 1.29 is 4.42 Å². The molecule has 0 unspecified atom stereocenters. The van der Waals surface area contributed by atoms with Crippen LogP contribution in [0.25, 0.3) is 11.6 Å². The molecule has 0 spiro atoms. The fourth-order valence-corrected chi connectivity index (χ4v) is 3.19. The largest absolute Gasteiger partial charge is 0.461 e. The molecular formula is C17H23IN6OS. The van der Waals surface area contributed by atoms with E-state index in [1.807, 2.05) is 12.1 Å². The molecule has 0 aliphatic carbocycles. The standard InChI is InChI=1S/C17H22N6OS.HI/c1-17(2,13-7-5-9-25-13)11-20-16(18-3)19-10-14-21-15(23-22-14)12-6-4-8-24-12;/h4-9H,10-11H2,1-3H3,(H2,18,19,20)(H,21,22,23);1H. The third-order valence-corrected chi connectivity index (χ3v) is 5.04. The van der Waals surface area contributed by atoms with E-state index in [0.717, 1.165) is 12.5 Å². The maximum absolute atomic E-state index is 5.29. The fourth-order valence-electron chi connectivity index (χ4n) is 2.33. The summed E-state index contributed by atoms with van der Waals surface area (Å²) in [6, 6.07) is 7.88. The number of aliphatic imine (C=N–C) groups is 1. The minimum atomic E-state index is 0. The molecule has 0 saturated heterocycles. The first kappa shape index (κ1) is 20.4. The monoisotopic (exact) mass is 486 g/mol. The average Bonchev–Trinajstić information content (AvgIpc) is 3.34. The van der Waals surface area contributed by atoms with Crippen LogP contribution in [-0.2, 0) is 12.0 Å². The van der Waals surface area contributed by atoms with Crippen LogP contribution in [-0.4, -0.2) is 34.7 Å². The van der Waals surface area contributed by atoms with Crippen LogP contribution in [0.3, 0.4) is 0 Å². The number of aromatic amines is 1. The van der Waals surface area contributed by atoms with E-state index in [1.165, 1.54) is 4.88 Å². The van der Waals surface area contributed by atoms with Crippen LogP contribution in [0.4, 0.5) is 0 Å². The average molecular weight is 486 g/mol. The molecule has 3 rings (SSSR count). The number of aromatic nitrogens is 3. The summed E-state index contributed by atoms with van der Waals surface area (Å²) in [5.41, 5.74) is 0.0322. The van der Waals surface area contributed by atoms with Crippen molar-refractivity contribution in [3.63, 3.8) is 0 Å². The molecule has 0 aromatic carbocycles. The normalized spacial score (nSPS) is 11.9. The Bertz CT molecular complexity index is 810. The van der Waals surface area contributed by atoms with Gasteiger partial charge in [0.05, 0.1) is 12.8 Å². The molecule has 7 nitrogen and oxygen atoms in total. The van der Waals surface area contributed by atoms with E-state index >= 15 is 0 Å². The Balaban J connectivity index is 0.00000243. The highest BCUT2D eigenvalue weighted by Gasteiger charge is 2.22. The molecule has 0 amide bonds. The molecule has 3 aromatic heterocycles. The van der Waals surface area contributed by atoms with Crippen LogP contribution in [0.1, 0.15) is 24.5 Å². The van der Waals surface area contributed by atoms with Gasteiger partial charge in [-0.15, -0.1) is 40.4 Å². The summed E-state index contributed by atoms with van der Waals surface area (Å²) in [5, 5.41) is 15.8. The number of furan rings is 1. The van der Waals surface area contributed by atoms with Gasteiger partial charge in [0.1, 0.15) is 5.82 Å². The number of nitrogens with one attached hydrogen (secondary N) is 3. The van der Waals surface area contributed by atoms with Gasteiger partial charge in [-0.3, -0.25) is 10.1 Å². The van der Waals surface area contributed by atoms with Crippen molar-refractivity contribution in [1.82, 2.24) is 25.8 Å². The van der Waals surface area contributed by atoms with Crippen LogP contribution in [0.15, 0.2) is 45.3 Å². The lowest BCUT2D eigenvalue weighted by molar-refractivity contribution is 0.518. The molecule has 0 aliphatic heterocycles. The maximum Gasteiger partial charge on any atom is 0.216 e. The van der Waals surface area contributed by atoms with E-state index in [-0.39, 0.29) is 29.4 Å². The van der Waals surface area contributed by atoms with Gasteiger partial charge in [0, 0.05) is 23.9 Å². The molecule has 0 radical (unpaired) electrons. The van der Waals surface area contributed by atoms with Gasteiger partial charge in [-0.25, -0.2) is 4.98 Å². The number of guanidine groups is 1. The SMILES string of the molecule is CN=C(NCc1nc(-c2ccco2)n[nH]1)NCC(C)(C)c1cccs1.I. The van der Waals surface area contributed by atoms with Gasteiger partial charge in [0.25, 0.3) is 0 Å². The van der Waals surface area contributed by atoms with Gasteiger partial charge in [-0.2, -0.15) is 0 Å². The van der Waals surface area contributed by atoms with Gasteiger partial charge in [0.2, 0.25) is 5.82 Å². The smallest absolute Gasteiger partial charge is 0.216 e. The Kier molecular flexibility index (Phi) is 7.21. The molecule has 0 saturated carbocycles. The fraction of sp³-hybridized carbons (Fsp3) is 0.353. The number of H-pyrrole nitrogens is 1. The molecule has 0 atom stereocenters. The second-order valence-corrected chi connectivity index (χ2v) is 7.17. The van der Waals surface area contributed by atoms with E-state index in [1.54, 1.807) is 24.6 Å². The Hall–Kier alpha value is -1.88. The first-order chi connectivity index (χ1) is 12.1. The summed E-state index contributed by atoms with van der Waals surface area (Å²) in [7, 11) is 1.75. The summed E-state index contributed by atoms with van der Waals surface area (Å²) in [6.07, 6.45) is 1.60. The van der Waals surface area contributed by atoms with Gasteiger partial charge >= 0.3 is 0 Å². The third-order valence-electron chi connectivity index (χ3n) is 3.81. The topological polar surface area (TPSA) is 91.1 Å². The Labute approximate surface area is 173 Å². The zero-order valence-corrected chi connectivity index (χ0v) is 18.1.